The van der Waals surface area contributed by atoms with Crippen LogP contribution in [-0.4, -0.2) is 42.9 Å². The summed E-state index contributed by atoms with van der Waals surface area (Å²) >= 11 is 0. The maximum Gasteiger partial charge on any atom is 0.191 e. The van der Waals surface area contributed by atoms with Crippen molar-refractivity contribution in [2.45, 2.75) is 70.9 Å². The van der Waals surface area contributed by atoms with Crippen molar-refractivity contribution in [3.05, 3.63) is 29.8 Å². The first kappa shape index (κ1) is 20.6. The fourth-order valence-electron chi connectivity index (χ4n) is 3.26. The number of nitrogens with one attached hydrogen (secondary N) is 2. The fourth-order valence-corrected chi connectivity index (χ4v) is 3.26. The van der Waals surface area contributed by atoms with Gasteiger partial charge in [0.2, 0.25) is 0 Å². The van der Waals surface area contributed by atoms with Gasteiger partial charge in [-0.2, -0.15) is 0 Å². The molecule has 5 heteroatoms. The molecule has 0 amide bonds. The van der Waals surface area contributed by atoms with E-state index in [4.69, 9.17) is 4.74 Å². The SMILES string of the molecule is CCNC(=NCCOc1ccccc1C(C)(C)C)NC1CCC(O)CC1. The van der Waals surface area contributed by atoms with E-state index in [1.54, 1.807) is 0 Å². The summed E-state index contributed by atoms with van der Waals surface area (Å²) in [5.41, 5.74) is 1.27. The van der Waals surface area contributed by atoms with Crippen LogP contribution in [0.5, 0.6) is 5.75 Å². The third-order valence-corrected chi connectivity index (χ3v) is 4.70. The van der Waals surface area contributed by atoms with E-state index in [2.05, 4.69) is 55.5 Å². The van der Waals surface area contributed by atoms with E-state index < -0.39 is 0 Å². The van der Waals surface area contributed by atoms with Gasteiger partial charge < -0.3 is 20.5 Å². The Labute approximate surface area is 158 Å². The number of aliphatic hydroxyl groups excluding tert-OH is 1. The number of hydrogen-bond acceptors (Lipinski definition) is 3. The highest BCUT2D eigenvalue weighted by molar-refractivity contribution is 5.80. The molecule has 0 atom stereocenters. The zero-order valence-corrected chi connectivity index (χ0v) is 16.7. The summed E-state index contributed by atoms with van der Waals surface area (Å²) < 4.78 is 6.00. The van der Waals surface area contributed by atoms with Gasteiger partial charge in [-0.15, -0.1) is 0 Å². The molecular weight excluding hydrogens is 326 g/mol. The van der Waals surface area contributed by atoms with Gasteiger partial charge in [0.15, 0.2) is 5.96 Å². The predicted molar refractivity (Wildman–Crippen MR) is 108 cm³/mol. The summed E-state index contributed by atoms with van der Waals surface area (Å²) in [5.74, 6) is 1.77. The number of guanidine groups is 1. The van der Waals surface area contributed by atoms with Gasteiger partial charge >= 0.3 is 0 Å². The minimum Gasteiger partial charge on any atom is -0.491 e. The first-order chi connectivity index (χ1) is 12.4. The highest BCUT2D eigenvalue weighted by atomic mass is 16.5. The van der Waals surface area contributed by atoms with Crippen LogP contribution in [0.25, 0.3) is 0 Å². The molecule has 0 spiro atoms. The fraction of sp³-hybridized carbons (Fsp3) is 0.667. The highest BCUT2D eigenvalue weighted by Gasteiger charge is 2.20. The molecule has 0 aliphatic heterocycles. The molecule has 2 rings (SSSR count). The monoisotopic (exact) mass is 361 g/mol. The quantitative estimate of drug-likeness (QED) is 0.413. The summed E-state index contributed by atoms with van der Waals surface area (Å²) in [4.78, 5) is 4.64. The average Bonchev–Trinajstić information content (AvgIpc) is 2.60. The van der Waals surface area contributed by atoms with Crippen molar-refractivity contribution in [2.24, 2.45) is 4.99 Å². The summed E-state index contributed by atoms with van der Waals surface area (Å²) in [5, 5.41) is 16.4. The number of rotatable bonds is 6. The Morgan fingerprint density at radius 2 is 1.88 bits per heavy atom. The van der Waals surface area contributed by atoms with Crippen LogP contribution in [-0.2, 0) is 5.41 Å². The Morgan fingerprint density at radius 1 is 1.19 bits per heavy atom. The van der Waals surface area contributed by atoms with Crippen molar-refractivity contribution in [1.29, 1.82) is 0 Å². The maximum absolute atomic E-state index is 9.64. The number of nitrogens with zero attached hydrogens (tertiary/aromatic N) is 1. The van der Waals surface area contributed by atoms with E-state index in [0.717, 1.165) is 43.9 Å². The van der Waals surface area contributed by atoms with Crippen molar-refractivity contribution in [3.8, 4) is 5.75 Å². The lowest BCUT2D eigenvalue weighted by molar-refractivity contribution is 0.120. The summed E-state index contributed by atoms with van der Waals surface area (Å²) in [6.45, 7) is 10.6. The minimum absolute atomic E-state index is 0.0574. The second-order valence-corrected chi connectivity index (χ2v) is 8.01. The predicted octanol–water partition coefficient (Wildman–Crippen LogP) is 3.22. The van der Waals surface area contributed by atoms with Gasteiger partial charge in [0.05, 0.1) is 12.6 Å². The molecule has 26 heavy (non-hydrogen) atoms. The third kappa shape index (κ3) is 6.52. The van der Waals surface area contributed by atoms with Crippen LogP contribution in [0.3, 0.4) is 0 Å². The molecule has 5 nitrogen and oxygen atoms in total. The zero-order chi connectivity index (χ0) is 19.0. The Hall–Kier alpha value is -1.75. The molecule has 0 bridgehead atoms. The first-order valence-corrected chi connectivity index (χ1v) is 9.85. The van der Waals surface area contributed by atoms with Gasteiger partial charge in [-0.05, 0) is 49.7 Å². The zero-order valence-electron chi connectivity index (χ0n) is 16.7. The van der Waals surface area contributed by atoms with Gasteiger partial charge in [-0.1, -0.05) is 39.0 Å². The third-order valence-electron chi connectivity index (χ3n) is 4.70. The van der Waals surface area contributed by atoms with E-state index >= 15 is 0 Å². The molecule has 1 aromatic carbocycles. The summed E-state index contributed by atoms with van der Waals surface area (Å²) in [6, 6.07) is 8.61. The normalized spacial score (nSPS) is 21.3. The van der Waals surface area contributed by atoms with E-state index in [9.17, 15) is 5.11 Å². The van der Waals surface area contributed by atoms with Crippen LogP contribution >= 0.6 is 0 Å². The molecule has 0 heterocycles. The van der Waals surface area contributed by atoms with Gasteiger partial charge in [-0.3, -0.25) is 0 Å². The van der Waals surface area contributed by atoms with Crippen molar-refractivity contribution in [3.63, 3.8) is 0 Å². The molecule has 1 aliphatic rings. The van der Waals surface area contributed by atoms with Crippen molar-refractivity contribution < 1.29 is 9.84 Å². The molecule has 146 valence electrons. The number of benzene rings is 1. The Bertz CT molecular complexity index is 573. The standard InChI is InChI=1S/C21H35N3O2/c1-5-22-20(24-16-10-12-17(25)13-11-16)23-14-15-26-19-9-7-6-8-18(19)21(2,3)4/h6-9,16-17,25H,5,10-15H2,1-4H3,(H2,22,23,24). The Morgan fingerprint density at radius 3 is 2.54 bits per heavy atom. The maximum atomic E-state index is 9.64. The van der Waals surface area contributed by atoms with Crippen molar-refractivity contribution in [2.75, 3.05) is 19.7 Å². The molecule has 0 saturated heterocycles. The molecule has 1 fully saturated rings. The van der Waals surface area contributed by atoms with Gasteiger partial charge in [0, 0.05) is 12.6 Å². The van der Waals surface area contributed by atoms with E-state index in [0.29, 0.717) is 19.2 Å². The van der Waals surface area contributed by atoms with Gasteiger partial charge in [0.1, 0.15) is 12.4 Å². The smallest absolute Gasteiger partial charge is 0.191 e. The van der Waals surface area contributed by atoms with Crippen molar-refractivity contribution >= 4 is 5.96 Å². The molecule has 0 unspecified atom stereocenters. The lowest BCUT2D eigenvalue weighted by Gasteiger charge is -2.27. The first-order valence-electron chi connectivity index (χ1n) is 9.85. The van der Waals surface area contributed by atoms with E-state index in [1.165, 1.54) is 5.56 Å². The van der Waals surface area contributed by atoms with Crippen molar-refractivity contribution in [1.82, 2.24) is 10.6 Å². The molecule has 1 aromatic rings. The highest BCUT2D eigenvalue weighted by Crippen LogP contribution is 2.30. The van der Waals surface area contributed by atoms with Gasteiger partial charge in [0.25, 0.3) is 0 Å². The number of ether oxygens (including phenoxy) is 1. The average molecular weight is 362 g/mol. The lowest BCUT2D eigenvalue weighted by Crippen LogP contribution is -2.45. The van der Waals surface area contributed by atoms with Gasteiger partial charge in [-0.25, -0.2) is 4.99 Å². The van der Waals surface area contributed by atoms with Crippen LogP contribution in [0.1, 0.15) is 58.9 Å². The summed E-state index contributed by atoms with van der Waals surface area (Å²) in [7, 11) is 0. The van der Waals surface area contributed by atoms with Crippen LogP contribution in [0.4, 0.5) is 0 Å². The Kier molecular flexibility index (Phi) is 7.76. The second-order valence-electron chi connectivity index (χ2n) is 8.01. The number of para-hydroxylation sites is 1. The van der Waals surface area contributed by atoms with Crippen LogP contribution in [0, 0.1) is 0 Å². The molecular formula is C21H35N3O2. The number of aliphatic hydroxyl groups is 1. The van der Waals surface area contributed by atoms with Crippen LogP contribution < -0.4 is 15.4 Å². The van der Waals surface area contributed by atoms with Crippen LogP contribution in [0.15, 0.2) is 29.3 Å². The molecule has 0 radical (unpaired) electrons. The minimum atomic E-state index is -0.135. The number of aliphatic imine (C=N–C) groups is 1. The topological polar surface area (TPSA) is 65.9 Å². The molecule has 1 aliphatic carbocycles. The molecule has 0 aromatic heterocycles. The van der Waals surface area contributed by atoms with Crippen LogP contribution in [0.2, 0.25) is 0 Å². The lowest BCUT2D eigenvalue weighted by atomic mass is 9.86. The Balaban J connectivity index is 1.87. The largest absolute Gasteiger partial charge is 0.491 e. The number of hydrogen-bond donors (Lipinski definition) is 3. The second kappa shape index (κ2) is 9.81. The summed E-state index contributed by atoms with van der Waals surface area (Å²) in [6.07, 6.45) is 3.57. The van der Waals surface area contributed by atoms with E-state index in [-0.39, 0.29) is 11.5 Å². The molecule has 1 saturated carbocycles. The van der Waals surface area contributed by atoms with E-state index in [1.807, 2.05) is 12.1 Å². The molecule has 3 N–H and O–H groups in total.